The predicted molar refractivity (Wildman–Crippen MR) is 108 cm³/mol. The summed E-state index contributed by atoms with van der Waals surface area (Å²) in [5.74, 6) is 0.467. The SMILES string of the molecule is O=C(Nc1cccc(F)c1)c1cc(N2CCCCC2)nc(-c2ccccc2)n1. The highest BCUT2D eigenvalue weighted by atomic mass is 19.1. The number of benzene rings is 2. The van der Waals surface area contributed by atoms with Crippen LogP contribution in [0.3, 0.4) is 0 Å². The van der Waals surface area contributed by atoms with Crippen LogP contribution < -0.4 is 10.2 Å². The van der Waals surface area contributed by atoms with Crippen molar-refractivity contribution >= 4 is 17.4 Å². The molecule has 0 spiro atoms. The molecular formula is C22H21FN4O. The normalized spacial score (nSPS) is 14.0. The molecule has 1 N–H and O–H groups in total. The molecule has 4 rings (SSSR count). The van der Waals surface area contributed by atoms with E-state index in [1.54, 1.807) is 18.2 Å². The highest BCUT2D eigenvalue weighted by molar-refractivity contribution is 6.03. The highest BCUT2D eigenvalue weighted by Crippen LogP contribution is 2.23. The molecule has 1 fully saturated rings. The van der Waals surface area contributed by atoms with Gasteiger partial charge in [0.2, 0.25) is 0 Å². The van der Waals surface area contributed by atoms with E-state index in [9.17, 15) is 9.18 Å². The number of piperidine rings is 1. The summed E-state index contributed by atoms with van der Waals surface area (Å²) in [6.07, 6.45) is 3.42. The van der Waals surface area contributed by atoms with Crippen LogP contribution in [0.15, 0.2) is 60.7 Å². The zero-order chi connectivity index (χ0) is 19.3. The lowest BCUT2D eigenvalue weighted by Crippen LogP contribution is -2.31. The van der Waals surface area contributed by atoms with E-state index >= 15 is 0 Å². The molecule has 142 valence electrons. The van der Waals surface area contributed by atoms with Gasteiger partial charge < -0.3 is 10.2 Å². The van der Waals surface area contributed by atoms with Gasteiger partial charge in [0, 0.05) is 30.4 Å². The number of aromatic nitrogens is 2. The van der Waals surface area contributed by atoms with Gasteiger partial charge in [-0.25, -0.2) is 14.4 Å². The number of nitrogens with one attached hydrogen (secondary N) is 1. The summed E-state index contributed by atoms with van der Waals surface area (Å²) >= 11 is 0. The van der Waals surface area contributed by atoms with Gasteiger partial charge in [0.25, 0.3) is 5.91 Å². The first-order valence-electron chi connectivity index (χ1n) is 9.45. The fraction of sp³-hybridized carbons (Fsp3) is 0.227. The number of rotatable bonds is 4. The van der Waals surface area contributed by atoms with Crippen molar-refractivity contribution in [1.29, 1.82) is 0 Å². The molecule has 1 saturated heterocycles. The minimum absolute atomic E-state index is 0.263. The van der Waals surface area contributed by atoms with Gasteiger partial charge in [-0.3, -0.25) is 4.79 Å². The average molecular weight is 376 g/mol. The minimum atomic E-state index is -0.403. The molecule has 2 heterocycles. The molecular weight excluding hydrogens is 355 g/mol. The maximum atomic E-state index is 13.4. The van der Waals surface area contributed by atoms with E-state index in [0.29, 0.717) is 11.5 Å². The summed E-state index contributed by atoms with van der Waals surface area (Å²) in [6.45, 7) is 1.83. The fourth-order valence-corrected chi connectivity index (χ4v) is 3.31. The Bertz CT molecular complexity index is 971. The maximum Gasteiger partial charge on any atom is 0.274 e. The van der Waals surface area contributed by atoms with Crippen LogP contribution in [-0.4, -0.2) is 29.0 Å². The van der Waals surface area contributed by atoms with Gasteiger partial charge in [-0.05, 0) is 37.5 Å². The zero-order valence-electron chi connectivity index (χ0n) is 15.4. The van der Waals surface area contributed by atoms with Crippen LogP contribution >= 0.6 is 0 Å². The molecule has 0 radical (unpaired) electrons. The Morgan fingerprint density at radius 1 is 0.929 bits per heavy atom. The summed E-state index contributed by atoms with van der Waals surface area (Å²) in [5.41, 5.74) is 1.50. The lowest BCUT2D eigenvalue weighted by Gasteiger charge is -2.28. The van der Waals surface area contributed by atoms with Gasteiger partial charge in [0.15, 0.2) is 5.82 Å². The Labute approximate surface area is 163 Å². The van der Waals surface area contributed by atoms with E-state index in [1.807, 2.05) is 30.3 Å². The first-order valence-corrected chi connectivity index (χ1v) is 9.45. The summed E-state index contributed by atoms with van der Waals surface area (Å²) in [4.78, 5) is 24.2. The van der Waals surface area contributed by atoms with E-state index in [2.05, 4.69) is 15.2 Å². The van der Waals surface area contributed by atoms with E-state index in [0.717, 1.165) is 37.3 Å². The van der Waals surface area contributed by atoms with Crippen molar-refractivity contribution in [2.24, 2.45) is 0 Å². The van der Waals surface area contributed by atoms with Crippen LogP contribution in [0.4, 0.5) is 15.9 Å². The van der Waals surface area contributed by atoms with Crippen molar-refractivity contribution < 1.29 is 9.18 Å². The smallest absolute Gasteiger partial charge is 0.274 e. The van der Waals surface area contributed by atoms with E-state index in [4.69, 9.17) is 4.98 Å². The van der Waals surface area contributed by atoms with Crippen molar-refractivity contribution in [2.45, 2.75) is 19.3 Å². The molecule has 0 bridgehead atoms. The first kappa shape index (κ1) is 18.1. The standard InChI is InChI=1S/C22H21FN4O/c23-17-10-7-11-18(14-17)24-22(28)19-15-20(27-12-5-2-6-13-27)26-21(25-19)16-8-3-1-4-9-16/h1,3-4,7-11,14-15H,2,5-6,12-13H2,(H,24,28). The minimum Gasteiger partial charge on any atom is -0.356 e. The zero-order valence-corrected chi connectivity index (χ0v) is 15.4. The average Bonchev–Trinajstić information content (AvgIpc) is 2.75. The molecule has 0 aliphatic carbocycles. The number of carbonyl (C=O) groups excluding carboxylic acids is 1. The third-order valence-corrected chi connectivity index (χ3v) is 4.74. The molecule has 0 unspecified atom stereocenters. The second kappa shape index (κ2) is 8.17. The van der Waals surface area contributed by atoms with Crippen LogP contribution in [-0.2, 0) is 0 Å². The number of hydrogen-bond acceptors (Lipinski definition) is 4. The predicted octanol–water partition coefficient (Wildman–Crippen LogP) is 4.53. The van der Waals surface area contributed by atoms with Crippen molar-refractivity contribution in [2.75, 3.05) is 23.3 Å². The number of nitrogens with zero attached hydrogens (tertiary/aromatic N) is 3. The van der Waals surface area contributed by atoms with Crippen molar-refractivity contribution in [3.63, 3.8) is 0 Å². The van der Waals surface area contributed by atoms with Crippen LogP contribution in [0.5, 0.6) is 0 Å². The lowest BCUT2D eigenvalue weighted by molar-refractivity contribution is 0.102. The molecule has 3 aromatic rings. The Balaban J connectivity index is 1.69. The number of anilines is 2. The number of hydrogen-bond donors (Lipinski definition) is 1. The molecule has 1 aromatic heterocycles. The molecule has 1 aliphatic rings. The number of halogens is 1. The quantitative estimate of drug-likeness (QED) is 0.727. The second-order valence-corrected chi connectivity index (χ2v) is 6.81. The molecule has 1 amide bonds. The van der Waals surface area contributed by atoms with Crippen LogP contribution in [0, 0.1) is 5.82 Å². The van der Waals surface area contributed by atoms with Crippen LogP contribution in [0.1, 0.15) is 29.8 Å². The highest BCUT2D eigenvalue weighted by Gasteiger charge is 2.18. The molecule has 28 heavy (non-hydrogen) atoms. The van der Waals surface area contributed by atoms with E-state index in [-0.39, 0.29) is 11.6 Å². The lowest BCUT2D eigenvalue weighted by atomic mass is 10.1. The molecule has 1 aliphatic heterocycles. The first-order chi connectivity index (χ1) is 13.7. The van der Waals surface area contributed by atoms with Gasteiger partial charge >= 0.3 is 0 Å². The molecule has 5 nitrogen and oxygen atoms in total. The van der Waals surface area contributed by atoms with Gasteiger partial charge in [-0.2, -0.15) is 0 Å². The largest absolute Gasteiger partial charge is 0.356 e. The Morgan fingerprint density at radius 2 is 1.71 bits per heavy atom. The number of amides is 1. The van der Waals surface area contributed by atoms with Crippen molar-refractivity contribution in [1.82, 2.24) is 9.97 Å². The molecule has 0 atom stereocenters. The van der Waals surface area contributed by atoms with Gasteiger partial charge in [-0.1, -0.05) is 36.4 Å². The van der Waals surface area contributed by atoms with Crippen LogP contribution in [0.25, 0.3) is 11.4 Å². The topological polar surface area (TPSA) is 58.1 Å². The monoisotopic (exact) mass is 376 g/mol. The third-order valence-electron chi connectivity index (χ3n) is 4.74. The van der Waals surface area contributed by atoms with Gasteiger partial charge in [0.05, 0.1) is 0 Å². The second-order valence-electron chi connectivity index (χ2n) is 6.81. The summed E-state index contributed by atoms with van der Waals surface area (Å²) in [6, 6.07) is 17.1. The van der Waals surface area contributed by atoms with Gasteiger partial charge in [0.1, 0.15) is 17.3 Å². The summed E-state index contributed by atoms with van der Waals surface area (Å²) < 4.78 is 13.4. The van der Waals surface area contributed by atoms with E-state index in [1.165, 1.54) is 18.6 Å². The summed E-state index contributed by atoms with van der Waals surface area (Å²) in [7, 11) is 0. The van der Waals surface area contributed by atoms with Crippen LogP contribution in [0.2, 0.25) is 0 Å². The van der Waals surface area contributed by atoms with Crippen molar-refractivity contribution in [3.05, 3.63) is 72.2 Å². The molecule has 6 heteroatoms. The Hall–Kier alpha value is -3.28. The Morgan fingerprint density at radius 3 is 2.46 bits per heavy atom. The van der Waals surface area contributed by atoms with Gasteiger partial charge in [-0.15, -0.1) is 0 Å². The molecule has 2 aromatic carbocycles. The number of carbonyl (C=O) groups is 1. The Kier molecular flexibility index (Phi) is 5.28. The third kappa shape index (κ3) is 4.17. The van der Waals surface area contributed by atoms with Crippen molar-refractivity contribution in [3.8, 4) is 11.4 Å². The maximum absolute atomic E-state index is 13.4. The summed E-state index contributed by atoms with van der Waals surface area (Å²) in [5, 5.41) is 2.72. The van der Waals surface area contributed by atoms with E-state index < -0.39 is 5.82 Å². The molecule has 0 saturated carbocycles. The fourth-order valence-electron chi connectivity index (χ4n) is 3.31.